The number of nitrogens with zero attached hydrogens (tertiary/aromatic N) is 1. The van der Waals surface area contributed by atoms with Crippen molar-refractivity contribution in [2.45, 2.75) is 20.8 Å². The minimum absolute atomic E-state index is 0.416. The Morgan fingerprint density at radius 2 is 1.85 bits per heavy atom. The molecule has 0 bridgehead atoms. The zero-order chi connectivity index (χ0) is 19.2. The number of hydrogen-bond donors (Lipinski definition) is 0. The number of carbonyl (C=O) groups is 1. The zero-order valence-corrected chi connectivity index (χ0v) is 15.8. The van der Waals surface area contributed by atoms with E-state index in [-0.39, 0.29) is 0 Å². The molecular formula is C22H23NO4. The first-order valence-corrected chi connectivity index (χ1v) is 9.05. The lowest BCUT2D eigenvalue weighted by atomic mass is 10.0. The molecule has 2 aromatic carbocycles. The molecule has 0 saturated carbocycles. The van der Waals surface area contributed by atoms with Crippen LogP contribution in [0.15, 0.2) is 59.3 Å². The third-order valence-corrected chi connectivity index (χ3v) is 3.89. The lowest BCUT2D eigenvalue weighted by Gasteiger charge is -2.14. The van der Waals surface area contributed by atoms with E-state index >= 15 is 0 Å². The molecule has 0 spiro atoms. The van der Waals surface area contributed by atoms with Crippen LogP contribution in [0, 0.1) is 5.92 Å². The van der Waals surface area contributed by atoms with E-state index in [1.807, 2.05) is 55.5 Å². The predicted octanol–water partition coefficient (Wildman–Crippen LogP) is 4.46. The predicted molar refractivity (Wildman–Crippen MR) is 105 cm³/mol. The van der Waals surface area contributed by atoms with Crippen LogP contribution in [0.3, 0.4) is 0 Å². The van der Waals surface area contributed by atoms with Gasteiger partial charge in [0.25, 0.3) is 0 Å². The van der Waals surface area contributed by atoms with Crippen LogP contribution in [0.2, 0.25) is 0 Å². The maximum Gasteiger partial charge on any atom is 0.368 e. The van der Waals surface area contributed by atoms with Gasteiger partial charge in [0.05, 0.1) is 18.8 Å². The first-order chi connectivity index (χ1) is 13.1. The fraction of sp³-hybridized carbons (Fsp3) is 0.273. The van der Waals surface area contributed by atoms with E-state index in [0.717, 1.165) is 11.1 Å². The molecule has 1 heterocycles. The monoisotopic (exact) mass is 365 g/mol. The highest BCUT2D eigenvalue weighted by Gasteiger charge is 2.26. The number of carbonyl (C=O) groups excluding carboxylic acids is 1. The van der Waals surface area contributed by atoms with Crippen LogP contribution in [-0.2, 0) is 9.63 Å². The van der Waals surface area contributed by atoms with Gasteiger partial charge >= 0.3 is 5.97 Å². The smallest absolute Gasteiger partial charge is 0.368 e. The van der Waals surface area contributed by atoms with Crippen molar-refractivity contribution in [3.63, 3.8) is 0 Å². The second-order valence-electron chi connectivity index (χ2n) is 6.59. The highest BCUT2D eigenvalue weighted by molar-refractivity contribution is 6.31. The van der Waals surface area contributed by atoms with Gasteiger partial charge in [-0.2, -0.15) is 0 Å². The summed E-state index contributed by atoms with van der Waals surface area (Å²) in [4.78, 5) is 17.1. The zero-order valence-electron chi connectivity index (χ0n) is 15.8. The van der Waals surface area contributed by atoms with E-state index in [1.165, 1.54) is 0 Å². The van der Waals surface area contributed by atoms with Crippen LogP contribution in [-0.4, -0.2) is 24.9 Å². The average molecular weight is 365 g/mol. The first-order valence-electron chi connectivity index (χ1n) is 9.05. The van der Waals surface area contributed by atoms with E-state index in [2.05, 4.69) is 19.0 Å². The summed E-state index contributed by atoms with van der Waals surface area (Å²) < 4.78 is 11.5. The quantitative estimate of drug-likeness (QED) is 0.537. The maximum atomic E-state index is 12.2. The number of ether oxygens (including phenoxy) is 2. The van der Waals surface area contributed by atoms with Crippen LogP contribution < -0.4 is 9.47 Å². The molecule has 1 aliphatic rings. The highest BCUT2D eigenvalue weighted by atomic mass is 16.7. The van der Waals surface area contributed by atoms with E-state index in [4.69, 9.17) is 14.3 Å². The van der Waals surface area contributed by atoms with Gasteiger partial charge in [0.15, 0.2) is 11.5 Å². The Hall–Kier alpha value is -3.08. The van der Waals surface area contributed by atoms with Crippen molar-refractivity contribution < 1.29 is 19.1 Å². The van der Waals surface area contributed by atoms with Crippen LogP contribution >= 0.6 is 0 Å². The van der Waals surface area contributed by atoms with Gasteiger partial charge < -0.3 is 14.3 Å². The highest BCUT2D eigenvalue weighted by Crippen LogP contribution is 2.30. The van der Waals surface area contributed by atoms with Gasteiger partial charge in [-0.1, -0.05) is 55.4 Å². The molecule has 2 aromatic rings. The van der Waals surface area contributed by atoms with Crippen LogP contribution in [0.1, 0.15) is 31.9 Å². The second kappa shape index (κ2) is 8.54. The molecule has 0 radical (unpaired) electrons. The van der Waals surface area contributed by atoms with Crippen molar-refractivity contribution in [2.24, 2.45) is 11.1 Å². The lowest BCUT2D eigenvalue weighted by Crippen LogP contribution is -2.07. The van der Waals surface area contributed by atoms with Crippen LogP contribution in [0.4, 0.5) is 0 Å². The van der Waals surface area contributed by atoms with Crippen LogP contribution in [0.5, 0.6) is 11.5 Å². The number of rotatable bonds is 7. The minimum atomic E-state index is -0.466. The topological polar surface area (TPSA) is 57.1 Å². The van der Waals surface area contributed by atoms with Crippen molar-refractivity contribution in [2.75, 3.05) is 13.2 Å². The minimum Gasteiger partial charge on any atom is -0.490 e. The third kappa shape index (κ3) is 4.56. The summed E-state index contributed by atoms with van der Waals surface area (Å²) in [6.07, 6.45) is 1.76. The van der Waals surface area contributed by atoms with Gasteiger partial charge in [0.2, 0.25) is 0 Å². The second-order valence-corrected chi connectivity index (χ2v) is 6.59. The number of hydrogen-bond acceptors (Lipinski definition) is 5. The molecule has 0 amide bonds. The molecule has 0 unspecified atom stereocenters. The van der Waals surface area contributed by atoms with Gasteiger partial charge in [0, 0.05) is 5.56 Å². The summed E-state index contributed by atoms with van der Waals surface area (Å²) in [5.74, 6) is 1.29. The molecule has 0 fully saturated rings. The number of benzene rings is 2. The van der Waals surface area contributed by atoms with Crippen molar-refractivity contribution in [3.05, 3.63) is 65.2 Å². The molecule has 0 N–H and O–H groups in total. The van der Waals surface area contributed by atoms with Crippen LogP contribution in [0.25, 0.3) is 6.08 Å². The fourth-order valence-corrected chi connectivity index (χ4v) is 2.64. The lowest BCUT2D eigenvalue weighted by molar-refractivity contribution is -0.136. The molecule has 0 aromatic heterocycles. The van der Waals surface area contributed by atoms with Gasteiger partial charge in [-0.05, 0) is 36.6 Å². The Kier molecular flexibility index (Phi) is 5.91. The van der Waals surface area contributed by atoms with Crippen molar-refractivity contribution >= 4 is 17.8 Å². The normalized spacial score (nSPS) is 15.0. The molecule has 5 nitrogen and oxygen atoms in total. The van der Waals surface area contributed by atoms with E-state index in [1.54, 1.807) is 6.08 Å². The standard InChI is InChI=1S/C22H23NO4/c1-4-25-20-13-16(10-11-19(20)26-14-15(2)3)12-18-21(23-27-22(18)24)17-8-6-5-7-9-17/h5-13,15H,4,14H2,1-3H3/b18-12-. The average Bonchev–Trinajstić information content (AvgIpc) is 3.02. The van der Waals surface area contributed by atoms with Crippen molar-refractivity contribution in [3.8, 4) is 11.5 Å². The van der Waals surface area contributed by atoms with Gasteiger partial charge in [-0.3, -0.25) is 0 Å². The molecule has 0 atom stereocenters. The Morgan fingerprint density at radius 1 is 1.07 bits per heavy atom. The Morgan fingerprint density at radius 3 is 2.56 bits per heavy atom. The molecule has 1 aliphatic heterocycles. The Labute approximate surface area is 159 Å². The summed E-state index contributed by atoms with van der Waals surface area (Å²) in [5.41, 5.74) is 2.59. The number of oxime groups is 1. The molecule has 5 heteroatoms. The first kappa shape index (κ1) is 18.7. The largest absolute Gasteiger partial charge is 0.490 e. The van der Waals surface area contributed by atoms with E-state index in [0.29, 0.717) is 41.9 Å². The molecule has 140 valence electrons. The molecule has 27 heavy (non-hydrogen) atoms. The van der Waals surface area contributed by atoms with E-state index in [9.17, 15) is 4.79 Å². The Balaban J connectivity index is 1.92. The van der Waals surface area contributed by atoms with Gasteiger partial charge in [0.1, 0.15) is 5.71 Å². The summed E-state index contributed by atoms with van der Waals surface area (Å²) >= 11 is 0. The third-order valence-electron chi connectivity index (χ3n) is 3.89. The summed E-state index contributed by atoms with van der Waals surface area (Å²) in [6.45, 7) is 7.24. The van der Waals surface area contributed by atoms with Gasteiger partial charge in [-0.25, -0.2) is 4.79 Å². The van der Waals surface area contributed by atoms with Gasteiger partial charge in [-0.15, -0.1) is 0 Å². The van der Waals surface area contributed by atoms with E-state index < -0.39 is 5.97 Å². The maximum absolute atomic E-state index is 12.2. The molecular weight excluding hydrogens is 342 g/mol. The Bertz CT molecular complexity index is 869. The van der Waals surface area contributed by atoms with Crippen molar-refractivity contribution in [1.29, 1.82) is 0 Å². The summed E-state index contributed by atoms with van der Waals surface area (Å²) in [6, 6.07) is 15.1. The molecule has 3 rings (SSSR count). The molecule has 0 saturated heterocycles. The summed E-state index contributed by atoms with van der Waals surface area (Å²) in [7, 11) is 0. The molecule has 0 aliphatic carbocycles. The fourth-order valence-electron chi connectivity index (χ4n) is 2.64. The summed E-state index contributed by atoms with van der Waals surface area (Å²) in [5, 5.41) is 3.93. The van der Waals surface area contributed by atoms with Crippen molar-refractivity contribution in [1.82, 2.24) is 0 Å². The SMILES string of the molecule is CCOc1cc(/C=C2\C(=O)ON=C2c2ccccc2)ccc1OCC(C)C.